The molecule has 1 fully saturated rings. The van der Waals surface area contributed by atoms with Crippen molar-refractivity contribution in [2.24, 2.45) is 28.1 Å². The third kappa shape index (κ3) is 10.4. The first kappa shape index (κ1) is 28.9. The Morgan fingerprint density at radius 2 is 1.03 bits per heavy atom. The highest BCUT2D eigenvalue weighted by atomic mass is 16.2. The average molecular weight is 486 g/mol. The smallest absolute Gasteiger partial charge is 0.227 e. The summed E-state index contributed by atoms with van der Waals surface area (Å²) in [6.45, 7) is 18.9. The summed E-state index contributed by atoms with van der Waals surface area (Å²) in [4.78, 5) is 38.2. The monoisotopic (exact) mass is 485 g/mol. The van der Waals surface area contributed by atoms with Gasteiger partial charge in [-0.2, -0.15) is 0 Å². The largest absolute Gasteiger partial charge is 0.326 e. The van der Waals surface area contributed by atoms with Gasteiger partial charge in [-0.25, -0.2) is 0 Å². The lowest BCUT2D eigenvalue weighted by molar-refractivity contribution is -0.121. The van der Waals surface area contributed by atoms with Crippen LogP contribution in [-0.4, -0.2) is 17.7 Å². The van der Waals surface area contributed by atoms with Gasteiger partial charge in [0.25, 0.3) is 0 Å². The van der Waals surface area contributed by atoms with E-state index >= 15 is 0 Å². The highest BCUT2D eigenvalue weighted by molar-refractivity contribution is 5.98. The van der Waals surface area contributed by atoms with Crippen molar-refractivity contribution in [2.75, 3.05) is 16.0 Å². The zero-order chi connectivity index (χ0) is 26.6. The number of hydrogen-bond donors (Lipinski definition) is 3. The predicted octanol–water partition coefficient (Wildman–Crippen LogP) is 7.23. The van der Waals surface area contributed by atoms with Gasteiger partial charge in [0.05, 0.1) is 0 Å². The lowest BCUT2D eigenvalue weighted by atomic mass is 9.69. The van der Waals surface area contributed by atoms with Gasteiger partial charge in [-0.1, -0.05) is 62.3 Å². The number of anilines is 3. The minimum Gasteiger partial charge on any atom is -0.326 e. The summed E-state index contributed by atoms with van der Waals surface area (Å²) < 4.78 is 0. The van der Waals surface area contributed by atoms with E-state index in [2.05, 4.69) is 36.7 Å². The summed E-state index contributed by atoms with van der Waals surface area (Å²) in [5.74, 6) is 0.411. The minimum atomic E-state index is -0.147. The van der Waals surface area contributed by atoms with Crippen LogP contribution in [0.1, 0.15) is 101 Å². The van der Waals surface area contributed by atoms with E-state index in [1.165, 1.54) is 0 Å². The molecule has 0 atom stereocenters. The Morgan fingerprint density at radius 3 is 1.37 bits per heavy atom. The van der Waals surface area contributed by atoms with Gasteiger partial charge in [0.15, 0.2) is 0 Å². The zero-order valence-corrected chi connectivity index (χ0v) is 23.4. The fraction of sp³-hybridized carbons (Fsp3) is 0.690. The third-order valence-corrected chi connectivity index (χ3v) is 6.47. The molecule has 0 heterocycles. The van der Waals surface area contributed by atoms with Crippen molar-refractivity contribution in [1.29, 1.82) is 0 Å². The van der Waals surface area contributed by atoms with Crippen molar-refractivity contribution < 1.29 is 14.4 Å². The highest BCUT2D eigenvalue weighted by Gasteiger charge is 2.32. The third-order valence-electron chi connectivity index (χ3n) is 6.47. The Kier molecular flexibility index (Phi) is 9.18. The molecule has 0 unspecified atom stereocenters. The number of nitrogens with one attached hydrogen (secondary N) is 3. The van der Waals surface area contributed by atoms with Crippen LogP contribution in [0.3, 0.4) is 0 Å². The Hall–Kier alpha value is -2.37. The molecule has 0 radical (unpaired) electrons. The molecule has 0 aliphatic heterocycles. The van der Waals surface area contributed by atoms with E-state index < -0.39 is 0 Å². The first-order chi connectivity index (χ1) is 15.9. The van der Waals surface area contributed by atoms with Crippen LogP contribution >= 0.6 is 0 Å². The molecule has 0 saturated heterocycles. The van der Waals surface area contributed by atoms with Crippen LogP contribution < -0.4 is 16.0 Å². The van der Waals surface area contributed by atoms with Gasteiger partial charge < -0.3 is 16.0 Å². The van der Waals surface area contributed by atoms with Crippen LogP contribution in [0, 0.1) is 28.1 Å². The number of carbonyl (C=O) groups excluding carboxylic acids is 3. The van der Waals surface area contributed by atoms with Gasteiger partial charge in [-0.15, -0.1) is 0 Å². The number of hydrogen-bond acceptors (Lipinski definition) is 3. The molecule has 1 saturated carbocycles. The van der Waals surface area contributed by atoms with Crippen LogP contribution in [0.5, 0.6) is 0 Å². The molecule has 6 nitrogen and oxygen atoms in total. The number of rotatable bonds is 6. The molecular formula is C29H47N3O3. The second-order valence-electron chi connectivity index (χ2n) is 13.8. The van der Waals surface area contributed by atoms with Crippen LogP contribution in [0.4, 0.5) is 17.1 Å². The average Bonchev–Trinajstić information content (AvgIpc) is 2.63. The highest BCUT2D eigenvalue weighted by Crippen LogP contribution is 2.40. The number of amides is 3. The molecule has 3 N–H and O–H groups in total. The molecular weight excluding hydrogens is 438 g/mol. The molecule has 1 aliphatic rings. The van der Waals surface area contributed by atoms with Gasteiger partial charge in [-0.05, 0) is 66.0 Å². The summed E-state index contributed by atoms with van der Waals surface area (Å²) in [6.07, 6.45) is 4.60. The van der Waals surface area contributed by atoms with Gasteiger partial charge in [-0.3, -0.25) is 14.4 Å². The number of benzene rings is 1. The maximum Gasteiger partial charge on any atom is 0.227 e. The molecule has 0 spiro atoms. The van der Waals surface area contributed by atoms with Crippen molar-refractivity contribution >= 4 is 34.8 Å². The van der Waals surface area contributed by atoms with Gasteiger partial charge in [0.2, 0.25) is 17.7 Å². The summed E-state index contributed by atoms with van der Waals surface area (Å²) in [5, 5.41) is 8.92. The quantitative estimate of drug-likeness (QED) is 0.397. The molecule has 196 valence electrons. The lowest BCUT2D eigenvalue weighted by Gasteiger charge is -2.36. The Labute approximate surface area is 212 Å². The second-order valence-corrected chi connectivity index (χ2v) is 13.8. The van der Waals surface area contributed by atoms with E-state index in [9.17, 15) is 14.4 Å². The van der Waals surface area contributed by atoms with Crippen molar-refractivity contribution in [2.45, 2.75) is 101 Å². The Bertz CT molecular complexity index is 860. The van der Waals surface area contributed by atoms with E-state index in [0.29, 0.717) is 35.8 Å². The van der Waals surface area contributed by atoms with Crippen molar-refractivity contribution in [3.8, 4) is 0 Å². The summed E-state index contributed by atoms with van der Waals surface area (Å²) in [6, 6.07) is 5.27. The Balaban J connectivity index is 2.17. The molecule has 1 aliphatic carbocycles. The minimum absolute atomic E-state index is 0.00231. The fourth-order valence-corrected chi connectivity index (χ4v) is 4.68. The standard InChI is InChI=1S/C29H47N3O3/c1-27(2,3)17-24(33)30-21-14-22(31-25(34)18-28(4,5)6)16-23(15-21)32-26(35)19-10-12-20(13-11-19)29(7,8)9/h14-16,19-20H,10-13,17-18H2,1-9H3,(H,30,33)(H,31,34)(H,32,35)/t19-,20-. The van der Waals surface area contributed by atoms with E-state index in [1.54, 1.807) is 18.2 Å². The first-order valence-corrected chi connectivity index (χ1v) is 13.0. The first-order valence-electron chi connectivity index (χ1n) is 13.0. The molecule has 1 aromatic rings. The molecule has 2 rings (SSSR count). The van der Waals surface area contributed by atoms with Gasteiger partial charge in [0, 0.05) is 35.8 Å². The summed E-state index contributed by atoms with van der Waals surface area (Å²) in [5.41, 5.74) is 1.66. The number of carbonyl (C=O) groups is 3. The summed E-state index contributed by atoms with van der Waals surface area (Å²) >= 11 is 0. The van der Waals surface area contributed by atoms with E-state index in [0.717, 1.165) is 25.7 Å². The zero-order valence-electron chi connectivity index (χ0n) is 23.4. The summed E-state index contributed by atoms with van der Waals surface area (Å²) in [7, 11) is 0. The van der Waals surface area contributed by atoms with Crippen LogP contribution in [0.25, 0.3) is 0 Å². The van der Waals surface area contributed by atoms with E-state index in [1.807, 2.05) is 41.5 Å². The maximum atomic E-state index is 13.1. The van der Waals surface area contributed by atoms with Crippen molar-refractivity contribution in [3.63, 3.8) is 0 Å². The normalized spacial score (nSPS) is 19.1. The van der Waals surface area contributed by atoms with Crippen LogP contribution in [0.15, 0.2) is 18.2 Å². The van der Waals surface area contributed by atoms with Crippen LogP contribution in [-0.2, 0) is 14.4 Å². The van der Waals surface area contributed by atoms with Gasteiger partial charge in [0.1, 0.15) is 0 Å². The van der Waals surface area contributed by atoms with Crippen molar-refractivity contribution in [3.05, 3.63) is 18.2 Å². The molecule has 3 amide bonds. The van der Waals surface area contributed by atoms with E-state index in [-0.39, 0.29) is 39.9 Å². The topological polar surface area (TPSA) is 87.3 Å². The molecule has 6 heteroatoms. The fourth-order valence-electron chi connectivity index (χ4n) is 4.68. The predicted molar refractivity (Wildman–Crippen MR) is 145 cm³/mol. The molecule has 1 aromatic carbocycles. The molecule has 35 heavy (non-hydrogen) atoms. The molecule has 0 bridgehead atoms. The maximum absolute atomic E-state index is 13.1. The van der Waals surface area contributed by atoms with Gasteiger partial charge >= 0.3 is 0 Å². The second kappa shape index (κ2) is 11.1. The molecule has 0 aromatic heterocycles. The Morgan fingerprint density at radius 1 is 0.657 bits per heavy atom. The SMILES string of the molecule is CC(C)(C)CC(=O)Nc1cc(NC(=O)CC(C)(C)C)cc(NC(=O)[C@H]2CC[C@H](C(C)(C)C)CC2)c1. The lowest BCUT2D eigenvalue weighted by Crippen LogP contribution is -2.31. The van der Waals surface area contributed by atoms with Crippen molar-refractivity contribution in [1.82, 2.24) is 0 Å². The van der Waals surface area contributed by atoms with E-state index in [4.69, 9.17) is 0 Å². The van der Waals surface area contributed by atoms with Crippen LogP contribution in [0.2, 0.25) is 0 Å².